The zero-order valence-corrected chi connectivity index (χ0v) is 18.9. The highest BCUT2D eigenvalue weighted by molar-refractivity contribution is 14.0. The van der Waals surface area contributed by atoms with Gasteiger partial charge in [0.25, 0.3) is 0 Å². The number of ether oxygens (including phenoxy) is 4. The van der Waals surface area contributed by atoms with Crippen molar-refractivity contribution in [3.05, 3.63) is 48.0 Å². The second-order valence-electron chi connectivity index (χ2n) is 6.24. The van der Waals surface area contributed by atoms with Gasteiger partial charge < -0.3 is 29.6 Å². The molecule has 1 atom stereocenters. The Bertz CT molecular complexity index is 840. The molecule has 0 spiro atoms. The number of hydrogen-bond acceptors (Lipinski definition) is 5. The van der Waals surface area contributed by atoms with Crippen LogP contribution >= 0.6 is 24.0 Å². The van der Waals surface area contributed by atoms with Crippen LogP contribution in [0.3, 0.4) is 0 Å². The van der Waals surface area contributed by atoms with E-state index in [2.05, 4.69) is 20.4 Å². The Morgan fingerprint density at radius 3 is 2.47 bits per heavy atom. The van der Waals surface area contributed by atoms with Crippen LogP contribution < -0.4 is 29.6 Å². The average molecular weight is 535 g/mol. The molecule has 0 saturated carbocycles. The van der Waals surface area contributed by atoms with E-state index in [1.807, 2.05) is 37.3 Å². The molecule has 164 valence electrons. The predicted octanol–water partition coefficient (Wildman–Crippen LogP) is 3.77. The van der Waals surface area contributed by atoms with Crippen molar-refractivity contribution in [1.29, 1.82) is 0 Å². The van der Waals surface area contributed by atoms with Gasteiger partial charge in [-0.05, 0) is 25.1 Å². The molecule has 10 heteroatoms. The van der Waals surface area contributed by atoms with Crippen molar-refractivity contribution in [2.24, 2.45) is 4.99 Å². The van der Waals surface area contributed by atoms with Gasteiger partial charge >= 0.3 is 6.61 Å². The standard InChI is InChI=1S/C20H23F2N3O4.HI/c1-13(28-15-6-4-3-5-7-15)10-24-20(23-2)25-11-14-8-17-18(27-12-26-17)9-16(14)29-19(21)22;/h3-9,13,19H,10-12H2,1-2H3,(H2,23,24,25);1H. The lowest BCUT2D eigenvalue weighted by atomic mass is 10.1. The molecule has 1 unspecified atom stereocenters. The molecule has 0 radical (unpaired) electrons. The van der Waals surface area contributed by atoms with Crippen LogP contribution in [0.1, 0.15) is 12.5 Å². The number of para-hydroxylation sites is 1. The zero-order chi connectivity index (χ0) is 20.6. The van der Waals surface area contributed by atoms with Crippen LogP contribution in [0, 0.1) is 0 Å². The lowest BCUT2D eigenvalue weighted by Crippen LogP contribution is -2.41. The maximum Gasteiger partial charge on any atom is 0.387 e. The summed E-state index contributed by atoms with van der Waals surface area (Å²) in [6, 6.07) is 12.5. The first kappa shape index (κ1) is 23.8. The Balaban J connectivity index is 0.00000320. The highest BCUT2D eigenvalue weighted by Gasteiger charge is 2.20. The minimum atomic E-state index is -2.94. The van der Waals surface area contributed by atoms with Gasteiger partial charge in [-0.2, -0.15) is 8.78 Å². The summed E-state index contributed by atoms with van der Waals surface area (Å²) in [5.74, 6) is 2.15. The third-order valence-corrected chi connectivity index (χ3v) is 4.08. The topological polar surface area (TPSA) is 73.3 Å². The number of rotatable bonds is 8. The lowest BCUT2D eigenvalue weighted by Gasteiger charge is -2.18. The van der Waals surface area contributed by atoms with E-state index in [9.17, 15) is 8.78 Å². The van der Waals surface area contributed by atoms with Gasteiger partial charge in [0.15, 0.2) is 17.5 Å². The summed E-state index contributed by atoms with van der Waals surface area (Å²) in [6.07, 6.45) is -0.112. The molecule has 2 aromatic carbocycles. The number of hydrogen-bond donors (Lipinski definition) is 2. The quantitative estimate of drug-likeness (QED) is 0.305. The van der Waals surface area contributed by atoms with Crippen LogP contribution in [-0.4, -0.2) is 39.1 Å². The van der Waals surface area contributed by atoms with Crippen LogP contribution in [0.2, 0.25) is 0 Å². The lowest BCUT2D eigenvalue weighted by molar-refractivity contribution is -0.0505. The predicted molar refractivity (Wildman–Crippen MR) is 119 cm³/mol. The van der Waals surface area contributed by atoms with Gasteiger partial charge in [0.05, 0.1) is 6.54 Å². The van der Waals surface area contributed by atoms with Crippen molar-refractivity contribution in [3.8, 4) is 23.0 Å². The van der Waals surface area contributed by atoms with E-state index in [1.165, 1.54) is 6.07 Å². The largest absolute Gasteiger partial charge is 0.489 e. The smallest absolute Gasteiger partial charge is 0.387 e. The molecule has 0 aliphatic carbocycles. The van der Waals surface area contributed by atoms with Gasteiger partial charge in [-0.25, -0.2) is 0 Å². The zero-order valence-electron chi connectivity index (χ0n) is 16.6. The van der Waals surface area contributed by atoms with Gasteiger partial charge in [-0.3, -0.25) is 4.99 Å². The maximum atomic E-state index is 12.7. The average Bonchev–Trinajstić information content (AvgIpc) is 3.15. The molecule has 1 aliphatic heterocycles. The number of alkyl halides is 2. The van der Waals surface area contributed by atoms with Crippen molar-refractivity contribution in [2.75, 3.05) is 20.4 Å². The number of fused-ring (bicyclic) bond motifs is 1. The van der Waals surface area contributed by atoms with Gasteiger partial charge in [0.1, 0.15) is 17.6 Å². The first-order valence-corrected chi connectivity index (χ1v) is 9.08. The third kappa shape index (κ3) is 6.78. The van der Waals surface area contributed by atoms with Gasteiger partial charge in [0, 0.05) is 25.2 Å². The van der Waals surface area contributed by atoms with Crippen molar-refractivity contribution >= 4 is 29.9 Å². The van der Waals surface area contributed by atoms with E-state index >= 15 is 0 Å². The van der Waals surface area contributed by atoms with E-state index in [-0.39, 0.29) is 49.2 Å². The molecule has 0 bridgehead atoms. The summed E-state index contributed by atoms with van der Waals surface area (Å²) in [7, 11) is 1.62. The third-order valence-electron chi connectivity index (χ3n) is 4.08. The fourth-order valence-electron chi connectivity index (χ4n) is 2.72. The molecule has 3 rings (SSSR count). The Hall–Kier alpha value is -2.50. The van der Waals surface area contributed by atoms with E-state index in [4.69, 9.17) is 14.2 Å². The Kier molecular flexibility index (Phi) is 9.21. The molecule has 7 nitrogen and oxygen atoms in total. The SMILES string of the molecule is CN=C(NCc1cc2c(cc1OC(F)F)OCO2)NCC(C)Oc1ccccc1.I. The van der Waals surface area contributed by atoms with E-state index < -0.39 is 6.61 Å². The van der Waals surface area contributed by atoms with Crippen LogP contribution in [0.4, 0.5) is 8.78 Å². The summed E-state index contributed by atoms with van der Waals surface area (Å²) >= 11 is 0. The number of guanidine groups is 1. The van der Waals surface area contributed by atoms with Gasteiger partial charge in [-0.15, -0.1) is 24.0 Å². The maximum absolute atomic E-state index is 12.7. The fourth-order valence-corrected chi connectivity index (χ4v) is 2.72. The van der Waals surface area contributed by atoms with Crippen molar-refractivity contribution in [2.45, 2.75) is 26.2 Å². The number of nitrogens with zero attached hydrogens (tertiary/aromatic N) is 1. The molecule has 2 aromatic rings. The van der Waals surface area contributed by atoms with Crippen LogP contribution in [0.5, 0.6) is 23.0 Å². The number of benzene rings is 2. The highest BCUT2D eigenvalue weighted by atomic mass is 127. The minimum Gasteiger partial charge on any atom is -0.489 e. The molecule has 0 amide bonds. The van der Waals surface area contributed by atoms with Crippen molar-refractivity contribution in [3.63, 3.8) is 0 Å². The Labute approximate surface area is 190 Å². The molecule has 2 N–H and O–H groups in total. The Morgan fingerprint density at radius 2 is 1.80 bits per heavy atom. The summed E-state index contributed by atoms with van der Waals surface area (Å²) in [5, 5.41) is 6.21. The molecular weight excluding hydrogens is 511 g/mol. The molecule has 0 aromatic heterocycles. The summed E-state index contributed by atoms with van der Waals surface area (Å²) in [4.78, 5) is 4.14. The van der Waals surface area contributed by atoms with Crippen molar-refractivity contribution < 1.29 is 27.7 Å². The normalized spacial score (nSPS) is 13.4. The second-order valence-corrected chi connectivity index (χ2v) is 6.24. The first-order chi connectivity index (χ1) is 14.0. The first-order valence-electron chi connectivity index (χ1n) is 9.08. The molecule has 1 aliphatic rings. The Morgan fingerprint density at radius 1 is 1.10 bits per heavy atom. The monoisotopic (exact) mass is 535 g/mol. The highest BCUT2D eigenvalue weighted by Crippen LogP contribution is 2.38. The number of aliphatic imine (C=N–C) groups is 1. The molecule has 1 heterocycles. The fraction of sp³-hybridized carbons (Fsp3) is 0.350. The molecule has 0 fully saturated rings. The number of nitrogens with one attached hydrogen (secondary N) is 2. The van der Waals surface area contributed by atoms with Crippen LogP contribution in [0.25, 0.3) is 0 Å². The second kappa shape index (κ2) is 11.6. The van der Waals surface area contributed by atoms with Crippen LogP contribution in [0.15, 0.2) is 47.5 Å². The van der Waals surface area contributed by atoms with Gasteiger partial charge in [0.2, 0.25) is 6.79 Å². The van der Waals surface area contributed by atoms with Crippen molar-refractivity contribution in [1.82, 2.24) is 10.6 Å². The summed E-state index contributed by atoms with van der Waals surface area (Å²) < 4.78 is 46.4. The molecular formula is C20H24F2IN3O4. The van der Waals surface area contributed by atoms with E-state index in [0.717, 1.165) is 5.75 Å². The van der Waals surface area contributed by atoms with E-state index in [1.54, 1.807) is 13.1 Å². The van der Waals surface area contributed by atoms with Gasteiger partial charge in [-0.1, -0.05) is 18.2 Å². The minimum absolute atomic E-state index is 0. The van der Waals surface area contributed by atoms with E-state index in [0.29, 0.717) is 29.6 Å². The summed E-state index contributed by atoms with van der Waals surface area (Å²) in [5.41, 5.74) is 0.492. The van der Waals surface area contributed by atoms with Crippen LogP contribution in [-0.2, 0) is 6.54 Å². The molecule has 0 saturated heterocycles. The number of halogens is 3. The molecule has 30 heavy (non-hydrogen) atoms. The summed E-state index contributed by atoms with van der Waals surface area (Å²) in [6.45, 7) is -0.271.